The van der Waals surface area contributed by atoms with Gasteiger partial charge in [-0.3, -0.25) is 9.59 Å². The minimum atomic E-state index is -0.843. The lowest BCUT2D eigenvalue weighted by molar-refractivity contribution is -0.143. The Hall–Kier alpha value is -1.66. The number of hydrogen-bond acceptors (Lipinski definition) is 5. The Labute approximate surface area is 481 Å². The molecule has 0 radical (unpaired) electrons. The van der Waals surface area contributed by atoms with Crippen molar-refractivity contribution in [1.82, 2.24) is 5.32 Å². The van der Waals surface area contributed by atoms with Crippen LogP contribution in [0.15, 0.2) is 24.3 Å². The van der Waals surface area contributed by atoms with Gasteiger partial charge in [0, 0.05) is 12.8 Å². The molecule has 0 aromatic carbocycles. The summed E-state index contributed by atoms with van der Waals surface area (Å²) in [5, 5.41) is 23.2. The average Bonchev–Trinajstić information content (AvgIpc) is 3.43. The maximum absolute atomic E-state index is 12.5. The van der Waals surface area contributed by atoms with E-state index in [1.54, 1.807) is 6.08 Å². The molecular weight excluding hydrogens is 947 g/mol. The first kappa shape index (κ1) is 75.3. The molecule has 0 saturated heterocycles. The molecule has 0 heterocycles. The van der Waals surface area contributed by atoms with Crippen LogP contribution in [0.5, 0.6) is 0 Å². The number of aliphatic hydroxyl groups is 2. The molecule has 0 bridgehead atoms. The molecule has 2 atom stereocenters. The largest absolute Gasteiger partial charge is 0.466 e. The maximum Gasteiger partial charge on any atom is 0.305 e. The van der Waals surface area contributed by atoms with E-state index in [0.29, 0.717) is 19.4 Å². The van der Waals surface area contributed by atoms with Crippen LogP contribution in [-0.2, 0) is 14.3 Å². The van der Waals surface area contributed by atoms with E-state index < -0.39 is 12.1 Å². The number of nitrogens with one attached hydrogen (secondary N) is 1. The summed E-state index contributed by atoms with van der Waals surface area (Å²) in [6.07, 6.45) is 84.0. The van der Waals surface area contributed by atoms with Crippen molar-refractivity contribution in [3.05, 3.63) is 24.3 Å². The fourth-order valence-corrected chi connectivity index (χ4v) is 11.1. The summed E-state index contributed by atoms with van der Waals surface area (Å²) in [6, 6.07) is -0.626. The second-order valence-electron chi connectivity index (χ2n) is 24.2. The predicted molar refractivity (Wildman–Crippen MR) is 338 cm³/mol. The lowest BCUT2D eigenvalue weighted by Gasteiger charge is -2.20. The molecule has 6 heteroatoms. The van der Waals surface area contributed by atoms with Gasteiger partial charge in [0.25, 0.3) is 0 Å². The van der Waals surface area contributed by atoms with Gasteiger partial charge in [0.15, 0.2) is 0 Å². The Balaban J connectivity index is 3.37. The molecule has 0 rings (SSSR count). The van der Waals surface area contributed by atoms with Gasteiger partial charge in [0.1, 0.15) is 0 Å². The molecule has 0 fully saturated rings. The van der Waals surface area contributed by atoms with Crippen LogP contribution < -0.4 is 5.32 Å². The molecule has 0 aliphatic rings. The molecule has 6 nitrogen and oxygen atoms in total. The molecule has 0 aromatic heterocycles. The van der Waals surface area contributed by atoms with E-state index in [1.807, 2.05) is 6.08 Å². The number of unbranched alkanes of at least 4 members (excludes halogenated alkanes) is 53. The highest BCUT2D eigenvalue weighted by molar-refractivity contribution is 5.76. The van der Waals surface area contributed by atoms with Crippen LogP contribution in [0.4, 0.5) is 0 Å². The van der Waals surface area contributed by atoms with Crippen LogP contribution in [0.3, 0.4) is 0 Å². The van der Waals surface area contributed by atoms with Gasteiger partial charge in [-0.25, -0.2) is 0 Å². The first-order chi connectivity index (χ1) is 38.0. The van der Waals surface area contributed by atoms with E-state index in [2.05, 4.69) is 31.3 Å². The van der Waals surface area contributed by atoms with Gasteiger partial charge >= 0.3 is 5.97 Å². The molecule has 0 spiro atoms. The zero-order valence-corrected chi connectivity index (χ0v) is 52.2. The Morgan fingerprint density at radius 3 is 0.935 bits per heavy atom. The maximum atomic E-state index is 12.5. The molecule has 0 aliphatic heterocycles. The first-order valence-electron chi connectivity index (χ1n) is 35.1. The highest BCUT2D eigenvalue weighted by Crippen LogP contribution is 2.19. The van der Waals surface area contributed by atoms with Crippen LogP contribution >= 0.6 is 0 Å². The summed E-state index contributed by atoms with van der Waals surface area (Å²) >= 11 is 0. The minimum absolute atomic E-state index is 0.00975. The number of carbonyl (C=O) groups is 2. The van der Waals surface area contributed by atoms with Crippen molar-refractivity contribution >= 4 is 11.9 Å². The van der Waals surface area contributed by atoms with Crippen molar-refractivity contribution in [2.24, 2.45) is 0 Å². The molecule has 77 heavy (non-hydrogen) atoms. The highest BCUT2D eigenvalue weighted by Gasteiger charge is 2.18. The summed E-state index contributed by atoms with van der Waals surface area (Å²) in [6.45, 7) is 4.92. The van der Waals surface area contributed by atoms with E-state index in [4.69, 9.17) is 4.74 Å². The number of esters is 1. The Bertz CT molecular complexity index is 1200. The van der Waals surface area contributed by atoms with Crippen molar-refractivity contribution in [3.8, 4) is 0 Å². The lowest BCUT2D eigenvalue weighted by atomic mass is 10.0. The fourth-order valence-electron chi connectivity index (χ4n) is 11.1. The van der Waals surface area contributed by atoms with E-state index in [-0.39, 0.29) is 18.5 Å². The van der Waals surface area contributed by atoms with Gasteiger partial charge in [0.2, 0.25) is 5.91 Å². The Morgan fingerprint density at radius 1 is 0.351 bits per heavy atom. The van der Waals surface area contributed by atoms with Crippen molar-refractivity contribution in [3.63, 3.8) is 0 Å². The van der Waals surface area contributed by atoms with Crippen LogP contribution in [0.1, 0.15) is 393 Å². The summed E-state index contributed by atoms with van der Waals surface area (Å²) in [7, 11) is 0. The van der Waals surface area contributed by atoms with Crippen LogP contribution in [-0.4, -0.2) is 47.4 Å². The fraction of sp³-hybridized carbons (Fsp3) is 0.915. The molecule has 456 valence electrons. The average molecular weight is 1080 g/mol. The molecule has 2 unspecified atom stereocenters. The van der Waals surface area contributed by atoms with Crippen LogP contribution in [0.25, 0.3) is 0 Å². The van der Waals surface area contributed by atoms with E-state index >= 15 is 0 Å². The number of aliphatic hydroxyl groups excluding tert-OH is 2. The van der Waals surface area contributed by atoms with Gasteiger partial charge in [-0.05, 0) is 57.8 Å². The van der Waals surface area contributed by atoms with E-state index in [1.165, 1.54) is 321 Å². The van der Waals surface area contributed by atoms with E-state index in [0.717, 1.165) is 44.9 Å². The molecule has 1 amide bonds. The molecule has 0 saturated carbocycles. The summed E-state index contributed by atoms with van der Waals surface area (Å²) in [4.78, 5) is 24.6. The monoisotopic (exact) mass is 1080 g/mol. The SMILES string of the molecule is CCCCCC/C=C\CCCCCCCC(=O)OCCCCCCCCCCCCCCCCCCCCCCCCCCCCCCC(=O)NC(CO)C(O)/C=C/CCCCCCCCCCCCCCCCCCC. The Morgan fingerprint density at radius 2 is 0.610 bits per heavy atom. The molecule has 0 aliphatic carbocycles. The number of amides is 1. The quantitative estimate of drug-likeness (QED) is 0.0320. The number of rotatable bonds is 66. The van der Waals surface area contributed by atoms with Crippen molar-refractivity contribution in [1.29, 1.82) is 0 Å². The minimum Gasteiger partial charge on any atom is -0.466 e. The number of hydrogen-bond donors (Lipinski definition) is 3. The third kappa shape index (κ3) is 63.4. The molecule has 0 aromatic rings. The second-order valence-corrected chi connectivity index (χ2v) is 24.2. The summed E-state index contributed by atoms with van der Waals surface area (Å²) < 4.78 is 5.48. The van der Waals surface area contributed by atoms with Gasteiger partial charge in [-0.15, -0.1) is 0 Å². The third-order valence-electron chi connectivity index (χ3n) is 16.5. The van der Waals surface area contributed by atoms with Crippen molar-refractivity contribution < 1.29 is 24.5 Å². The van der Waals surface area contributed by atoms with Crippen LogP contribution in [0, 0.1) is 0 Å². The standard InChI is InChI=1S/C71H137NO5/c1-3-5-7-9-11-13-15-17-18-19-30-33-36-40-43-47-51-55-59-63-69(74)68(67-73)72-70(75)64-60-56-52-48-44-41-37-34-31-28-26-24-22-20-21-23-25-27-29-32-35-38-42-46-50-54-58-62-66-77-71(76)65-61-57-53-49-45-39-16-14-12-10-8-6-4-2/h14,16,59,63,68-69,73-74H,3-13,15,17-58,60-62,64-67H2,1-2H3,(H,72,75)/b16-14-,63-59+. The Kier molecular flexibility index (Phi) is 65.4. The predicted octanol–water partition coefficient (Wildman–Crippen LogP) is 22.5. The zero-order chi connectivity index (χ0) is 55.7. The van der Waals surface area contributed by atoms with Crippen molar-refractivity contribution in [2.75, 3.05) is 13.2 Å². The lowest BCUT2D eigenvalue weighted by Crippen LogP contribution is -2.45. The van der Waals surface area contributed by atoms with Crippen LogP contribution in [0.2, 0.25) is 0 Å². The van der Waals surface area contributed by atoms with Crippen molar-refractivity contribution in [2.45, 2.75) is 405 Å². The summed E-state index contributed by atoms with van der Waals surface area (Å²) in [5.74, 6) is -0.0514. The normalized spacial score (nSPS) is 12.6. The van der Waals surface area contributed by atoms with Gasteiger partial charge in [-0.2, -0.15) is 0 Å². The van der Waals surface area contributed by atoms with Gasteiger partial charge in [0.05, 0.1) is 25.4 Å². The van der Waals surface area contributed by atoms with E-state index in [9.17, 15) is 19.8 Å². The number of allylic oxidation sites excluding steroid dienone is 3. The third-order valence-corrected chi connectivity index (χ3v) is 16.5. The smallest absolute Gasteiger partial charge is 0.305 e. The van der Waals surface area contributed by atoms with Gasteiger partial charge < -0.3 is 20.3 Å². The molecule has 3 N–H and O–H groups in total. The first-order valence-corrected chi connectivity index (χ1v) is 35.1. The second kappa shape index (κ2) is 66.8. The topological polar surface area (TPSA) is 95.9 Å². The number of carbonyl (C=O) groups excluding carboxylic acids is 2. The zero-order valence-electron chi connectivity index (χ0n) is 52.2. The van der Waals surface area contributed by atoms with Gasteiger partial charge in [-0.1, -0.05) is 346 Å². The summed E-state index contributed by atoms with van der Waals surface area (Å²) in [5.41, 5.74) is 0. The highest BCUT2D eigenvalue weighted by atomic mass is 16.5. The molecular formula is C71H137NO5. The number of ether oxygens (including phenoxy) is 1.